The molecule has 0 saturated heterocycles. The molecule has 3 rings (SSSR count). The van der Waals surface area contributed by atoms with E-state index in [1.54, 1.807) is 19.4 Å². The molecular formula is C29H45N7O3. The highest BCUT2D eigenvalue weighted by atomic mass is 16.5. The van der Waals surface area contributed by atoms with Crippen LogP contribution in [0.15, 0.2) is 24.4 Å². The Kier molecular flexibility index (Phi) is 11.2. The van der Waals surface area contributed by atoms with E-state index in [2.05, 4.69) is 39.7 Å². The van der Waals surface area contributed by atoms with Crippen LogP contribution in [0.4, 0.5) is 33.6 Å². The summed E-state index contributed by atoms with van der Waals surface area (Å²) in [5.41, 5.74) is 2.13. The minimum Gasteiger partial charge on any atom is -0.494 e. The van der Waals surface area contributed by atoms with Crippen LogP contribution in [0.5, 0.6) is 5.75 Å². The Hall–Kier alpha value is -3.56. The lowest BCUT2D eigenvalue weighted by molar-refractivity contribution is -0.109. The number of methoxy groups -OCH3 is 1. The maximum atomic E-state index is 12.5. The van der Waals surface area contributed by atoms with Gasteiger partial charge in [0.15, 0.2) is 5.82 Å². The molecule has 0 unspecified atom stereocenters. The van der Waals surface area contributed by atoms with E-state index in [9.17, 15) is 9.59 Å². The minimum absolute atomic E-state index is 0.154. The molecule has 1 atom stereocenters. The van der Waals surface area contributed by atoms with Gasteiger partial charge in [-0.15, -0.1) is 0 Å². The third kappa shape index (κ3) is 7.74. The number of ether oxygens (including phenoxy) is 1. The Balaban J connectivity index is 1.86. The molecule has 2 amide bonds. The third-order valence-electron chi connectivity index (χ3n) is 7.39. The predicted molar refractivity (Wildman–Crippen MR) is 159 cm³/mol. The van der Waals surface area contributed by atoms with Crippen molar-refractivity contribution in [2.24, 2.45) is 0 Å². The number of anilines is 5. The number of urea groups is 1. The maximum absolute atomic E-state index is 12.5. The second-order valence-electron chi connectivity index (χ2n) is 10.3. The van der Waals surface area contributed by atoms with Gasteiger partial charge in [0.25, 0.3) is 0 Å². The summed E-state index contributed by atoms with van der Waals surface area (Å²) in [7, 11) is 5.47. The van der Waals surface area contributed by atoms with Crippen molar-refractivity contribution in [3.05, 3.63) is 24.4 Å². The zero-order valence-electron chi connectivity index (χ0n) is 24.3. The van der Waals surface area contributed by atoms with Gasteiger partial charge in [0.1, 0.15) is 12.0 Å². The van der Waals surface area contributed by atoms with E-state index in [1.165, 1.54) is 6.42 Å². The zero-order valence-corrected chi connectivity index (χ0v) is 24.3. The lowest BCUT2D eigenvalue weighted by atomic mass is 9.96. The van der Waals surface area contributed by atoms with Crippen molar-refractivity contribution in [1.29, 1.82) is 0 Å². The third-order valence-corrected chi connectivity index (χ3v) is 7.39. The largest absolute Gasteiger partial charge is 0.494 e. The number of rotatable bonds is 13. The molecule has 0 bridgehead atoms. The van der Waals surface area contributed by atoms with Crippen molar-refractivity contribution in [3.63, 3.8) is 0 Å². The van der Waals surface area contributed by atoms with Crippen LogP contribution in [0.25, 0.3) is 0 Å². The van der Waals surface area contributed by atoms with Crippen molar-refractivity contribution >= 4 is 41.1 Å². The fraction of sp³-hybridized carbons (Fsp3) is 0.586. The van der Waals surface area contributed by atoms with Crippen LogP contribution in [-0.2, 0) is 4.79 Å². The van der Waals surface area contributed by atoms with Gasteiger partial charge in [-0.2, -0.15) is 4.98 Å². The Labute approximate surface area is 232 Å². The molecule has 10 heteroatoms. The summed E-state index contributed by atoms with van der Waals surface area (Å²) in [4.78, 5) is 38.2. The molecule has 1 aliphatic carbocycles. The molecule has 0 radical (unpaired) electrons. The first kappa shape index (κ1) is 30.0. The second kappa shape index (κ2) is 14.6. The Bertz CT molecular complexity index is 1080. The number of amides is 2. The van der Waals surface area contributed by atoms with E-state index >= 15 is 0 Å². The number of nitrogens with zero attached hydrogens (tertiary/aromatic N) is 4. The zero-order chi connectivity index (χ0) is 28.4. The lowest BCUT2D eigenvalue weighted by Gasteiger charge is -2.37. The first-order valence-corrected chi connectivity index (χ1v) is 14.2. The molecule has 0 aliphatic heterocycles. The Morgan fingerprint density at radius 2 is 1.85 bits per heavy atom. The second-order valence-corrected chi connectivity index (χ2v) is 10.3. The molecule has 3 N–H and O–H groups in total. The normalized spacial score (nSPS) is 14.4. The van der Waals surface area contributed by atoms with Gasteiger partial charge in [-0.05, 0) is 44.2 Å². The number of nitrogens with one attached hydrogen (secondary N) is 3. The topological polar surface area (TPSA) is 112 Å². The summed E-state index contributed by atoms with van der Waals surface area (Å²) in [6, 6.07) is 5.29. The number of hydrogen-bond acceptors (Lipinski definition) is 8. The molecule has 1 aromatic heterocycles. The summed E-state index contributed by atoms with van der Waals surface area (Å²) in [5.74, 6) is 1.65. The summed E-state index contributed by atoms with van der Waals surface area (Å²) in [6.07, 6.45) is 10.8. The molecular weight excluding hydrogens is 494 g/mol. The van der Waals surface area contributed by atoms with Crippen LogP contribution in [0.2, 0.25) is 0 Å². The molecule has 1 saturated carbocycles. The molecule has 214 valence electrons. The Morgan fingerprint density at radius 3 is 2.44 bits per heavy atom. The number of benzene rings is 1. The first-order valence-electron chi connectivity index (χ1n) is 14.2. The Morgan fingerprint density at radius 1 is 1.13 bits per heavy atom. The van der Waals surface area contributed by atoms with Crippen molar-refractivity contribution in [3.8, 4) is 5.75 Å². The quantitative estimate of drug-likeness (QED) is 0.277. The molecule has 39 heavy (non-hydrogen) atoms. The van der Waals surface area contributed by atoms with Gasteiger partial charge in [0.2, 0.25) is 5.95 Å². The number of carbonyl (C=O) groups is 2. The van der Waals surface area contributed by atoms with Crippen molar-refractivity contribution in [1.82, 2.24) is 15.3 Å². The highest BCUT2D eigenvalue weighted by Gasteiger charge is 2.28. The molecule has 1 aliphatic rings. The van der Waals surface area contributed by atoms with Gasteiger partial charge in [0, 0.05) is 37.9 Å². The van der Waals surface area contributed by atoms with Crippen LogP contribution in [-0.4, -0.2) is 61.6 Å². The van der Waals surface area contributed by atoms with E-state index in [-0.39, 0.29) is 24.2 Å². The van der Waals surface area contributed by atoms with E-state index in [0.29, 0.717) is 35.3 Å². The van der Waals surface area contributed by atoms with E-state index in [1.807, 2.05) is 38.1 Å². The summed E-state index contributed by atoms with van der Waals surface area (Å²) < 4.78 is 5.62. The van der Waals surface area contributed by atoms with Crippen LogP contribution >= 0.6 is 0 Å². The number of carbonyl (C=O) groups excluding carboxylic acids is 2. The highest BCUT2D eigenvalue weighted by molar-refractivity contribution is 5.90. The average Bonchev–Trinajstić information content (AvgIpc) is 2.94. The van der Waals surface area contributed by atoms with Crippen LogP contribution in [0, 0.1) is 0 Å². The molecule has 2 aromatic rings. The number of hydrogen-bond donors (Lipinski definition) is 3. The molecule has 1 fully saturated rings. The first-order chi connectivity index (χ1) is 18.8. The van der Waals surface area contributed by atoms with Gasteiger partial charge in [-0.25, -0.2) is 9.78 Å². The number of aromatic nitrogens is 2. The summed E-state index contributed by atoms with van der Waals surface area (Å²) in [6.45, 7) is 6.27. The van der Waals surface area contributed by atoms with Gasteiger partial charge in [-0.3, -0.25) is 0 Å². The molecule has 0 spiro atoms. The van der Waals surface area contributed by atoms with Gasteiger partial charge >= 0.3 is 6.03 Å². The summed E-state index contributed by atoms with van der Waals surface area (Å²) in [5, 5.41) is 9.25. The van der Waals surface area contributed by atoms with Crippen LogP contribution < -0.4 is 30.5 Å². The lowest BCUT2D eigenvalue weighted by Crippen LogP contribution is -2.45. The standard InChI is InChI=1S/C29H45N7O3/c1-7-22(8-2)36(23(9-3)19-37)27-25(35(4)5)18-30-28(34-27)33-24-16-15-21(17-26(24)39-6)32-29(38)31-20-13-11-10-12-14-20/h15-20,22-23H,7-14H2,1-6H3,(H,30,33,34)(H2,31,32,38)/t23-/m1/s1. The van der Waals surface area contributed by atoms with Crippen molar-refractivity contribution in [2.45, 2.75) is 90.3 Å². The van der Waals surface area contributed by atoms with Crippen molar-refractivity contribution < 1.29 is 14.3 Å². The van der Waals surface area contributed by atoms with Crippen LogP contribution in [0.3, 0.4) is 0 Å². The SMILES string of the molecule is CCC(CC)N(c1nc(Nc2ccc(NC(=O)NC3CCCCC3)cc2OC)ncc1N(C)C)[C@@H](C=O)CC. The minimum atomic E-state index is -0.295. The number of aldehydes is 1. The molecule has 1 aromatic carbocycles. The van der Waals surface area contributed by atoms with Gasteiger partial charge in [-0.1, -0.05) is 40.0 Å². The average molecular weight is 540 g/mol. The van der Waals surface area contributed by atoms with E-state index in [4.69, 9.17) is 9.72 Å². The monoisotopic (exact) mass is 539 g/mol. The van der Waals surface area contributed by atoms with E-state index < -0.39 is 0 Å². The van der Waals surface area contributed by atoms with Crippen molar-refractivity contribution in [2.75, 3.05) is 41.6 Å². The fourth-order valence-electron chi connectivity index (χ4n) is 5.17. The maximum Gasteiger partial charge on any atom is 0.319 e. The summed E-state index contributed by atoms with van der Waals surface area (Å²) >= 11 is 0. The van der Waals surface area contributed by atoms with Crippen LogP contribution in [0.1, 0.15) is 72.1 Å². The van der Waals surface area contributed by atoms with Gasteiger partial charge < -0.3 is 35.3 Å². The highest BCUT2D eigenvalue weighted by Crippen LogP contribution is 2.34. The molecule has 1 heterocycles. The van der Waals surface area contributed by atoms with E-state index in [0.717, 1.165) is 50.5 Å². The smallest absolute Gasteiger partial charge is 0.319 e. The fourth-order valence-corrected chi connectivity index (χ4v) is 5.17. The predicted octanol–water partition coefficient (Wildman–Crippen LogP) is 5.72. The van der Waals surface area contributed by atoms with Gasteiger partial charge in [0.05, 0.1) is 30.7 Å². The molecule has 10 nitrogen and oxygen atoms in total.